The fourth-order valence-electron chi connectivity index (χ4n) is 1.08. The maximum atomic E-state index is 11.1. The van der Waals surface area contributed by atoms with Crippen LogP contribution in [-0.2, 0) is 0 Å². The highest BCUT2D eigenvalue weighted by Gasteiger charge is 2.06. The van der Waals surface area contributed by atoms with E-state index in [2.05, 4.69) is 15.3 Å². The number of anilines is 2. The quantitative estimate of drug-likeness (QED) is 0.520. The summed E-state index contributed by atoms with van der Waals surface area (Å²) in [5, 5.41) is 3.02. The van der Waals surface area contributed by atoms with Gasteiger partial charge in [-0.25, -0.2) is 4.98 Å². The third kappa shape index (κ3) is 2.46. The van der Waals surface area contributed by atoms with Gasteiger partial charge in [0.05, 0.1) is 6.33 Å². The molecule has 14 heavy (non-hydrogen) atoms. The lowest BCUT2D eigenvalue weighted by Gasteiger charge is -2.13. The fraction of sp³-hybridized carbons (Fsp3) is 0.500. The van der Waals surface area contributed by atoms with Crippen LogP contribution in [-0.4, -0.2) is 22.6 Å². The number of nitrogens with two attached hydrogens (primary N) is 2. The molecular formula is C8H15N5O. The fourth-order valence-corrected chi connectivity index (χ4v) is 1.08. The van der Waals surface area contributed by atoms with Gasteiger partial charge in [0.15, 0.2) is 5.82 Å². The SMILES string of the molecule is CC(CCN)Nc1nc[nH]c(=O)c1N. The first kappa shape index (κ1) is 10.5. The molecule has 6 nitrogen and oxygen atoms in total. The Bertz CT molecular complexity index is 348. The molecule has 0 bridgehead atoms. The topological polar surface area (TPSA) is 110 Å². The van der Waals surface area contributed by atoms with E-state index in [0.717, 1.165) is 6.42 Å². The second kappa shape index (κ2) is 4.61. The summed E-state index contributed by atoms with van der Waals surface area (Å²) in [5.74, 6) is 0.412. The first-order valence-corrected chi connectivity index (χ1v) is 4.45. The van der Waals surface area contributed by atoms with Crippen LogP contribution in [0.3, 0.4) is 0 Å². The molecule has 0 spiro atoms. The zero-order chi connectivity index (χ0) is 10.6. The van der Waals surface area contributed by atoms with Crippen LogP contribution >= 0.6 is 0 Å². The van der Waals surface area contributed by atoms with E-state index in [1.165, 1.54) is 6.33 Å². The van der Waals surface area contributed by atoms with E-state index < -0.39 is 0 Å². The number of hydrogen-bond acceptors (Lipinski definition) is 5. The smallest absolute Gasteiger partial charge is 0.276 e. The Balaban J connectivity index is 2.76. The number of rotatable bonds is 4. The van der Waals surface area contributed by atoms with Crippen molar-refractivity contribution in [1.29, 1.82) is 0 Å². The largest absolute Gasteiger partial charge is 0.391 e. The molecular weight excluding hydrogens is 182 g/mol. The molecule has 0 aliphatic rings. The van der Waals surface area contributed by atoms with E-state index in [4.69, 9.17) is 11.5 Å². The van der Waals surface area contributed by atoms with Gasteiger partial charge in [-0.2, -0.15) is 0 Å². The van der Waals surface area contributed by atoms with Gasteiger partial charge in [0, 0.05) is 6.04 Å². The molecule has 1 unspecified atom stereocenters. The zero-order valence-electron chi connectivity index (χ0n) is 8.08. The second-order valence-electron chi connectivity index (χ2n) is 3.12. The Morgan fingerprint density at radius 2 is 2.43 bits per heavy atom. The van der Waals surface area contributed by atoms with Crippen LogP contribution in [0.15, 0.2) is 11.1 Å². The average Bonchev–Trinajstić information content (AvgIpc) is 2.13. The molecule has 6 N–H and O–H groups in total. The van der Waals surface area contributed by atoms with Crippen molar-refractivity contribution >= 4 is 11.5 Å². The summed E-state index contributed by atoms with van der Waals surface area (Å²) in [6, 6.07) is 0.150. The molecule has 6 heteroatoms. The van der Waals surface area contributed by atoms with Crippen molar-refractivity contribution in [2.24, 2.45) is 5.73 Å². The minimum atomic E-state index is -0.331. The molecule has 1 aromatic heterocycles. The number of hydrogen-bond donors (Lipinski definition) is 4. The van der Waals surface area contributed by atoms with Gasteiger partial charge < -0.3 is 21.8 Å². The van der Waals surface area contributed by atoms with Gasteiger partial charge in [0.25, 0.3) is 5.56 Å². The molecule has 1 rings (SSSR count). The minimum absolute atomic E-state index is 0.108. The molecule has 1 aromatic rings. The van der Waals surface area contributed by atoms with Crippen LogP contribution in [0.25, 0.3) is 0 Å². The molecule has 1 heterocycles. The van der Waals surface area contributed by atoms with Crippen molar-refractivity contribution in [3.8, 4) is 0 Å². The van der Waals surface area contributed by atoms with Crippen molar-refractivity contribution in [1.82, 2.24) is 9.97 Å². The molecule has 0 saturated carbocycles. The maximum Gasteiger partial charge on any atom is 0.276 e. The predicted molar refractivity (Wildman–Crippen MR) is 56.0 cm³/mol. The van der Waals surface area contributed by atoms with E-state index in [0.29, 0.717) is 12.4 Å². The van der Waals surface area contributed by atoms with Crippen molar-refractivity contribution in [3.63, 3.8) is 0 Å². The summed E-state index contributed by atoms with van der Waals surface area (Å²) in [6.07, 6.45) is 2.12. The molecule has 0 aliphatic heterocycles. The van der Waals surface area contributed by atoms with Gasteiger partial charge in [0.2, 0.25) is 0 Å². The molecule has 0 radical (unpaired) electrons. The van der Waals surface area contributed by atoms with Crippen LogP contribution in [0.2, 0.25) is 0 Å². The number of H-pyrrole nitrogens is 1. The summed E-state index contributed by atoms with van der Waals surface area (Å²) < 4.78 is 0. The number of aromatic amines is 1. The Kier molecular flexibility index (Phi) is 3.47. The van der Waals surface area contributed by atoms with Gasteiger partial charge in [-0.1, -0.05) is 0 Å². The van der Waals surface area contributed by atoms with Gasteiger partial charge in [-0.05, 0) is 19.9 Å². The predicted octanol–water partition coefficient (Wildman–Crippen LogP) is -0.499. The minimum Gasteiger partial charge on any atom is -0.391 e. The summed E-state index contributed by atoms with van der Waals surface area (Å²) in [7, 11) is 0. The van der Waals surface area contributed by atoms with E-state index in [9.17, 15) is 4.79 Å². The summed E-state index contributed by atoms with van der Waals surface area (Å²) >= 11 is 0. The van der Waals surface area contributed by atoms with Gasteiger partial charge in [-0.15, -0.1) is 0 Å². The highest BCUT2D eigenvalue weighted by molar-refractivity contribution is 5.59. The van der Waals surface area contributed by atoms with Crippen LogP contribution in [0, 0.1) is 0 Å². The van der Waals surface area contributed by atoms with E-state index in [1.807, 2.05) is 6.92 Å². The first-order valence-electron chi connectivity index (χ1n) is 4.45. The summed E-state index contributed by atoms with van der Waals surface area (Å²) in [6.45, 7) is 2.53. The highest BCUT2D eigenvalue weighted by atomic mass is 16.1. The lowest BCUT2D eigenvalue weighted by molar-refractivity contribution is 0.713. The van der Waals surface area contributed by atoms with E-state index >= 15 is 0 Å². The lowest BCUT2D eigenvalue weighted by Crippen LogP contribution is -2.23. The summed E-state index contributed by atoms with van der Waals surface area (Å²) in [4.78, 5) is 17.4. The highest BCUT2D eigenvalue weighted by Crippen LogP contribution is 2.09. The lowest BCUT2D eigenvalue weighted by atomic mass is 10.2. The van der Waals surface area contributed by atoms with Crippen molar-refractivity contribution in [3.05, 3.63) is 16.7 Å². The molecule has 1 atom stereocenters. The Morgan fingerprint density at radius 1 is 1.71 bits per heavy atom. The second-order valence-corrected chi connectivity index (χ2v) is 3.12. The van der Waals surface area contributed by atoms with Gasteiger partial charge >= 0.3 is 0 Å². The van der Waals surface area contributed by atoms with E-state index in [-0.39, 0.29) is 17.3 Å². The molecule has 0 aliphatic carbocycles. The van der Waals surface area contributed by atoms with Crippen LogP contribution < -0.4 is 22.3 Å². The first-order chi connectivity index (χ1) is 6.65. The van der Waals surface area contributed by atoms with Crippen LogP contribution in [0.1, 0.15) is 13.3 Å². The third-order valence-corrected chi connectivity index (χ3v) is 1.87. The normalized spacial score (nSPS) is 12.4. The van der Waals surface area contributed by atoms with Crippen LogP contribution in [0.4, 0.5) is 11.5 Å². The Hall–Kier alpha value is -1.56. The maximum absolute atomic E-state index is 11.1. The standard InChI is InChI=1S/C8H15N5O/c1-5(2-3-9)13-7-6(10)8(14)12-4-11-7/h4-5H,2-3,9-10H2,1H3,(H2,11,12,13,14). The summed E-state index contributed by atoms with van der Waals surface area (Å²) in [5.41, 5.74) is 10.7. The van der Waals surface area contributed by atoms with Crippen molar-refractivity contribution < 1.29 is 0 Å². The number of nitrogens with zero attached hydrogens (tertiary/aromatic N) is 1. The molecule has 78 valence electrons. The Morgan fingerprint density at radius 3 is 3.07 bits per heavy atom. The van der Waals surface area contributed by atoms with Gasteiger partial charge in [0.1, 0.15) is 5.69 Å². The van der Waals surface area contributed by atoms with Gasteiger partial charge in [-0.3, -0.25) is 4.79 Å². The average molecular weight is 197 g/mol. The molecule has 0 fully saturated rings. The molecule has 0 saturated heterocycles. The monoisotopic (exact) mass is 197 g/mol. The van der Waals surface area contributed by atoms with Crippen molar-refractivity contribution in [2.45, 2.75) is 19.4 Å². The zero-order valence-corrected chi connectivity index (χ0v) is 8.08. The van der Waals surface area contributed by atoms with E-state index in [1.54, 1.807) is 0 Å². The molecule has 0 aromatic carbocycles. The number of aromatic nitrogens is 2. The van der Waals surface area contributed by atoms with Crippen molar-refractivity contribution in [2.75, 3.05) is 17.6 Å². The Labute approximate surface area is 81.7 Å². The van der Waals surface area contributed by atoms with Crippen LogP contribution in [0.5, 0.6) is 0 Å². The number of nitrogen functional groups attached to an aromatic ring is 1. The number of nitrogens with one attached hydrogen (secondary N) is 2. The third-order valence-electron chi connectivity index (χ3n) is 1.87. The molecule has 0 amide bonds.